The van der Waals surface area contributed by atoms with Gasteiger partial charge >= 0.3 is 0 Å². The monoisotopic (exact) mass is 212 g/mol. The molecule has 0 bridgehead atoms. The summed E-state index contributed by atoms with van der Waals surface area (Å²) < 4.78 is 5.06. The molecule has 0 spiro atoms. The lowest BCUT2D eigenvalue weighted by Crippen LogP contribution is -2.22. The first-order chi connectivity index (χ1) is 7.10. The Bertz CT molecular complexity index is 324. The van der Waals surface area contributed by atoms with E-state index in [4.69, 9.17) is 9.84 Å². The highest BCUT2D eigenvalue weighted by molar-refractivity contribution is 5.38. The highest BCUT2D eigenvalue weighted by Crippen LogP contribution is 2.28. The van der Waals surface area contributed by atoms with E-state index >= 15 is 0 Å². The van der Waals surface area contributed by atoms with Crippen molar-refractivity contribution in [1.82, 2.24) is 0 Å². The fraction of sp³-hybridized carbons (Fsp3) is 0.455. The summed E-state index contributed by atoms with van der Waals surface area (Å²) in [6.07, 6.45) is -2.33. The summed E-state index contributed by atoms with van der Waals surface area (Å²) in [7, 11) is 1.49. The molecule has 1 aromatic rings. The number of rotatable bonds is 4. The molecule has 1 aromatic carbocycles. The second-order valence-electron chi connectivity index (χ2n) is 3.44. The summed E-state index contributed by atoms with van der Waals surface area (Å²) in [5, 5.41) is 27.8. The minimum Gasteiger partial charge on any atom is -0.496 e. The summed E-state index contributed by atoms with van der Waals surface area (Å²) in [4.78, 5) is 0. The largest absolute Gasteiger partial charge is 0.496 e. The fourth-order valence-corrected chi connectivity index (χ4v) is 1.39. The van der Waals surface area contributed by atoms with Crippen molar-refractivity contribution >= 4 is 0 Å². The predicted octanol–water partition coefficient (Wildman–Crippen LogP) is 0.390. The zero-order chi connectivity index (χ0) is 11.4. The molecule has 0 amide bonds. The molecule has 84 valence electrons. The number of hydrogen-bond acceptors (Lipinski definition) is 4. The molecule has 0 fully saturated rings. The zero-order valence-electron chi connectivity index (χ0n) is 8.84. The lowest BCUT2D eigenvalue weighted by Gasteiger charge is -2.18. The molecule has 4 heteroatoms. The van der Waals surface area contributed by atoms with E-state index in [-0.39, 0.29) is 0 Å². The standard InChI is InChI=1S/C11H16O4/c1-7-3-4-10(15-2)8(5-7)11(14)9(13)6-12/h3-5,9,11-14H,6H2,1-2H3. The molecule has 4 nitrogen and oxygen atoms in total. The highest BCUT2D eigenvalue weighted by Gasteiger charge is 2.20. The Morgan fingerprint density at radius 1 is 1.33 bits per heavy atom. The van der Waals surface area contributed by atoms with E-state index in [9.17, 15) is 10.2 Å². The maximum absolute atomic E-state index is 9.74. The Morgan fingerprint density at radius 3 is 2.53 bits per heavy atom. The first-order valence-electron chi connectivity index (χ1n) is 4.71. The van der Waals surface area contributed by atoms with Crippen molar-refractivity contribution in [2.75, 3.05) is 13.7 Å². The maximum atomic E-state index is 9.74. The molecule has 15 heavy (non-hydrogen) atoms. The molecular weight excluding hydrogens is 196 g/mol. The Hall–Kier alpha value is -1.10. The zero-order valence-corrected chi connectivity index (χ0v) is 8.84. The van der Waals surface area contributed by atoms with Crippen molar-refractivity contribution in [3.63, 3.8) is 0 Å². The first-order valence-corrected chi connectivity index (χ1v) is 4.71. The highest BCUT2D eigenvalue weighted by atomic mass is 16.5. The van der Waals surface area contributed by atoms with Gasteiger partial charge in [-0.3, -0.25) is 0 Å². The molecule has 2 atom stereocenters. The number of aryl methyl sites for hydroxylation is 1. The third-order valence-electron chi connectivity index (χ3n) is 2.26. The number of ether oxygens (including phenoxy) is 1. The van der Waals surface area contributed by atoms with Gasteiger partial charge in [-0.15, -0.1) is 0 Å². The van der Waals surface area contributed by atoms with Crippen LogP contribution in [-0.2, 0) is 0 Å². The van der Waals surface area contributed by atoms with Crippen molar-refractivity contribution in [2.45, 2.75) is 19.1 Å². The molecule has 3 N–H and O–H groups in total. The summed E-state index contributed by atoms with van der Waals surface area (Å²) >= 11 is 0. The van der Waals surface area contributed by atoms with Crippen LogP contribution in [0.2, 0.25) is 0 Å². The SMILES string of the molecule is COc1ccc(C)cc1C(O)C(O)CO. The Balaban J connectivity index is 3.05. The molecule has 0 heterocycles. The normalized spacial score (nSPS) is 14.7. The van der Waals surface area contributed by atoms with Crippen molar-refractivity contribution in [3.8, 4) is 5.75 Å². The van der Waals surface area contributed by atoms with Gasteiger partial charge in [-0.05, 0) is 19.1 Å². The molecule has 0 saturated carbocycles. The fourth-order valence-electron chi connectivity index (χ4n) is 1.39. The van der Waals surface area contributed by atoms with Gasteiger partial charge in [-0.25, -0.2) is 0 Å². The number of aliphatic hydroxyl groups is 3. The smallest absolute Gasteiger partial charge is 0.124 e. The number of aliphatic hydroxyl groups excluding tert-OH is 3. The number of benzene rings is 1. The summed E-state index contributed by atoms with van der Waals surface area (Å²) in [5.41, 5.74) is 1.44. The van der Waals surface area contributed by atoms with Crippen molar-refractivity contribution in [1.29, 1.82) is 0 Å². The summed E-state index contributed by atoms with van der Waals surface area (Å²) in [5.74, 6) is 0.501. The third kappa shape index (κ3) is 2.68. The lowest BCUT2D eigenvalue weighted by atomic mass is 10.0. The summed E-state index contributed by atoms with van der Waals surface area (Å²) in [6.45, 7) is 1.39. The number of methoxy groups -OCH3 is 1. The van der Waals surface area contributed by atoms with Gasteiger partial charge in [0.1, 0.15) is 18.0 Å². The Morgan fingerprint density at radius 2 is 2.00 bits per heavy atom. The average molecular weight is 212 g/mol. The molecule has 0 aliphatic rings. The van der Waals surface area contributed by atoms with Crippen LogP contribution < -0.4 is 4.74 Å². The van der Waals surface area contributed by atoms with Gasteiger partial charge in [0.05, 0.1) is 13.7 Å². The molecule has 0 aromatic heterocycles. The van der Waals surface area contributed by atoms with E-state index in [2.05, 4.69) is 0 Å². The molecule has 1 rings (SSSR count). The topological polar surface area (TPSA) is 69.9 Å². The van der Waals surface area contributed by atoms with Crippen LogP contribution >= 0.6 is 0 Å². The van der Waals surface area contributed by atoms with Crippen molar-refractivity contribution < 1.29 is 20.1 Å². The third-order valence-corrected chi connectivity index (χ3v) is 2.26. The molecule has 0 radical (unpaired) electrons. The maximum Gasteiger partial charge on any atom is 0.124 e. The van der Waals surface area contributed by atoms with E-state index in [1.807, 2.05) is 13.0 Å². The molecule has 0 aliphatic heterocycles. The van der Waals surface area contributed by atoms with Gasteiger partial charge in [0.15, 0.2) is 0 Å². The molecule has 2 unspecified atom stereocenters. The first kappa shape index (κ1) is 12.0. The van der Waals surface area contributed by atoms with E-state index < -0.39 is 18.8 Å². The minimum atomic E-state index is -1.19. The summed E-state index contributed by atoms with van der Waals surface area (Å²) in [6, 6.07) is 5.29. The van der Waals surface area contributed by atoms with E-state index in [1.54, 1.807) is 12.1 Å². The van der Waals surface area contributed by atoms with Gasteiger partial charge in [-0.2, -0.15) is 0 Å². The van der Waals surface area contributed by atoms with Crippen LogP contribution in [0.5, 0.6) is 5.75 Å². The average Bonchev–Trinajstić information content (AvgIpc) is 2.27. The van der Waals surface area contributed by atoms with Crippen molar-refractivity contribution in [3.05, 3.63) is 29.3 Å². The molecular formula is C11H16O4. The van der Waals surface area contributed by atoms with Gasteiger partial charge in [0.25, 0.3) is 0 Å². The Kier molecular flexibility index (Phi) is 4.08. The van der Waals surface area contributed by atoms with Crippen LogP contribution in [0.4, 0.5) is 0 Å². The van der Waals surface area contributed by atoms with Crippen LogP contribution in [0.3, 0.4) is 0 Å². The Labute approximate surface area is 88.8 Å². The van der Waals surface area contributed by atoms with Crippen LogP contribution in [-0.4, -0.2) is 35.1 Å². The van der Waals surface area contributed by atoms with E-state index in [0.717, 1.165) is 5.56 Å². The lowest BCUT2D eigenvalue weighted by molar-refractivity contribution is -0.0162. The second kappa shape index (κ2) is 5.11. The van der Waals surface area contributed by atoms with Gasteiger partial charge < -0.3 is 20.1 Å². The van der Waals surface area contributed by atoms with Gasteiger partial charge in [0, 0.05) is 5.56 Å². The minimum absolute atomic E-state index is 0.485. The van der Waals surface area contributed by atoms with Gasteiger partial charge in [-0.1, -0.05) is 11.6 Å². The van der Waals surface area contributed by atoms with Gasteiger partial charge in [0.2, 0.25) is 0 Å². The van der Waals surface area contributed by atoms with Crippen LogP contribution in [0, 0.1) is 6.92 Å². The van der Waals surface area contributed by atoms with Crippen LogP contribution in [0.1, 0.15) is 17.2 Å². The second-order valence-corrected chi connectivity index (χ2v) is 3.44. The molecule has 0 saturated heterocycles. The van der Waals surface area contributed by atoms with E-state index in [1.165, 1.54) is 7.11 Å². The predicted molar refractivity (Wildman–Crippen MR) is 55.8 cm³/mol. The quantitative estimate of drug-likeness (QED) is 0.675. The molecule has 0 aliphatic carbocycles. The van der Waals surface area contributed by atoms with Crippen LogP contribution in [0.15, 0.2) is 18.2 Å². The van der Waals surface area contributed by atoms with Crippen molar-refractivity contribution in [2.24, 2.45) is 0 Å². The number of hydrogen-bond donors (Lipinski definition) is 3. The van der Waals surface area contributed by atoms with E-state index in [0.29, 0.717) is 11.3 Å². The van der Waals surface area contributed by atoms with Crippen LogP contribution in [0.25, 0.3) is 0 Å².